The van der Waals surface area contributed by atoms with E-state index >= 15 is 0 Å². The maximum absolute atomic E-state index is 13.0. The lowest BCUT2D eigenvalue weighted by molar-refractivity contribution is -0.170. The summed E-state index contributed by atoms with van der Waals surface area (Å²) in [5.74, 6) is -5.93. The van der Waals surface area contributed by atoms with Crippen LogP contribution in [0.1, 0.15) is 20.3 Å². The summed E-state index contributed by atoms with van der Waals surface area (Å²) in [5, 5.41) is 0. The Bertz CT molecular complexity index is 274. The molecule has 0 aromatic heterocycles. The Morgan fingerprint density at radius 3 is 2.25 bits per heavy atom. The first-order chi connectivity index (χ1) is 7.44. The standard InChI is InChI=1S/C10H14F2O4/c1-3-15-8(13)6-5-7-10(11,12)9(14)16-4-2/h5-6H,3-4,7H2,1-2H3/b6-5+. The predicted octanol–water partition coefficient (Wildman–Crippen LogP) is 1.69. The molecule has 0 bridgehead atoms. The van der Waals surface area contributed by atoms with Crippen LogP contribution in [0.5, 0.6) is 0 Å². The summed E-state index contributed by atoms with van der Waals surface area (Å²) in [5.41, 5.74) is 0. The van der Waals surface area contributed by atoms with Crippen LogP contribution in [0.25, 0.3) is 0 Å². The zero-order valence-corrected chi connectivity index (χ0v) is 9.16. The van der Waals surface area contributed by atoms with Crippen molar-refractivity contribution in [3.63, 3.8) is 0 Å². The average molecular weight is 236 g/mol. The van der Waals surface area contributed by atoms with Crippen molar-refractivity contribution in [3.8, 4) is 0 Å². The molecule has 0 unspecified atom stereocenters. The van der Waals surface area contributed by atoms with E-state index in [9.17, 15) is 18.4 Å². The third-order valence-electron chi connectivity index (χ3n) is 1.49. The minimum absolute atomic E-state index is 0.115. The summed E-state index contributed by atoms with van der Waals surface area (Å²) in [6.07, 6.45) is 0.857. The molecule has 92 valence electrons. The van der Waals surface area contributed by atoms with Crippen LogP contribution in [0.3, 0.4) is 0 Å². The number of carbonyl (C=O) groups excluding carboxylic acids is 2. The van der Waals surface area contributed by atoms with Crippen molar-refractivity contribution in [1.82, 2.24) is 0 Å². The molecule has 0 aromatic carbocycles. The van der Waals surface area contributed by atoms with Gasteiger partial charge in [0.05, 0.1) is 13.2 Å². The summed E-state index contributed by atoms with van der Waals surface area (Å²) in [7, 11) is 0. The fourth-order valence-electron chi connectivity index (χ4n) is 0.814. The maximum Gasteiger partial charge on any atom is 0.377 e. The largest absolute Gasteiger partial charge is 0.463 e. The Kier molecular flexibility index (Phi) is 6.29. The summed E-state index contributed by atoms with van der Waals surface area (Å²) < 4.78 is 34.6. The fraction of sp³-hybridized carbons (Fsp3) is 0.600. The molecule has 0 aliphatic heterocycles. The SMILES string of the molecule is CCOC(=O)/C=C/CC(F)(F)C(=O)OCC. The molecular weight excluding hydrogens is 222 g/mol. The highest BCUT2D eigenvalue weighted by Gasteiger charge is 2.39. The number of carbonyl (C=O) groups is 2. The lowest BCUT2D eigenvalue weighted by atomic mass is 10.2. The molecule has 0 aliphatic carbocycles. The van der Waals surface area contributed by atoms with Crippen LogP contribution in [0.4, 0.5) is 8.78 Å². The van der Waals surface area contributed by atoms with Gasteiger partial charge in [-0.2, -0.15) is 8.78 Å². The van der Waals surface area contributed by atoms with Gasteiger partial charge in [0.1, 0.15) is 0 Å². The van der Waals surface area contributed by atoms with Gasteiger partial charge in [-0.3, -0.25) is 0 Å². The van der Waals surface area contributed by atoms with Crippen molar-refractivity contribution in [3.05, 3.63) is 12.2 Å². The van der Waals surface area contributed by atoms with Gasteiger partial charge in [0.25, 0.3) is 0 Å². The Hall–Kier alpha value is -1.46. The smallest absolute Gasteiger partial charge is 0.377 e. The number of alkyl halides is 2. The van der Waals surface area contributed by atoms with Gasteiger partial charge < -0.3 is 9.47 Å². The molecule has 0 amide bonds. The molecule has 0 saturated heterocycles. The van der Waals surface area contributed by atoms with E-state index in [0.29, 0.717) is 0 Å². The molecular formula is C10H14F2O4. The Balaban J connectivity index is 4.17. The topological polar surface area (TPSA) is 52.6 Å². The van der Waals surface area contributed by atoms with Crippen molar-refractivity contribution in [2.45, 2.75) is 26.2 Å². The number of halogens is 2. The zero-order chi connectivity index (χ0) is 12.6. The molecule has 0 N–H and O–H groups in total. The second-order valence-corrected chi connectivity index (χ2v) is 2.78. The molecule has 0 atom stereocenters. The third-order valence-corrected chi connectivity index (χ3v) is 1.49. The molecule has 0 saturated carbocycles. The van der Waals surface area contributed by atoms with E-state index in [4.69, 9.17) is 0 Å². The van der Waals surface area contributed by atoms with Gasteiger partial charge in [0.15, 0.2) is 0 Å². The second-order valence-electron chi connectivity index (χ2n) is 2.78. The number of allylic oxidation sites excluding steroid dienone is 1. The Morgan fingerprint density at radius 2 is 1.75 bits per heavy atom. The monoisotopic (exact) mass is 236 g/mol. The molecule has 4 nitrogen and oxygen atoms in total. The quantitative estimate of drug-likeness (QED) is 0.520. The van der Waals surface area contributed by atoms with Gasteiger partial charge >= 0.3 is 17.9 Å². The van der Waals surface area contributed by atoms with Gasteiger partial charge in [-0.15, -0.1) is 0 Å². The molecule has 0 fully saturated rings. The molecule has 0 spiro atoms. The molecule has 16 heavy (non-hydrogen) atoms. The minimum Gasteiger partial charge on any atom is -0.463 e. The van der Waals surface area contributed by atoms with Crippen molar-refractivity contribution in [2.75, 3.05) is 13.2 Å². The van der Waals surface area contributed by atoms with Crippen LogP contribution >= 0.6 is 0 Å². The van der Waals surface area contributed by atoms with Crippen LogP contribution in [-0.2, 0) is 19.1 Å². The Labute approximate surface area is 92.2 Å². The normalized spacial score (nSPS) is 11.5. The van der Waals surface area contributed by atoms with E-state index in [1.807, 2.05) is 0 Å². The average Bonchev–Trinajstić information content (AvgIpc) is 2.18. The maximum atomic E-state index is 13.0. The van der Waals surface area contributed by atoms with E-state index in [-0.39, 0.29) is 13.2 Å². The number of esters is 2. The molecule has 0 rings (SSSR count). The summed E-state index contributed by atoms with van der Waals surface area (Å²) in [6, 6.07) is 0. The highest BCUT2D eigenvalue weighted by atomic mass is 19.3. The highest BCUT2D eigenvalue weighted by Crippen LogP contribution is 2.20. The van der Waals surface area contributed by atoms with Crippen molar-refractivity contribution >= 4 is 11.9 Å². The lowest BCUT2D eigenvalue weighted by Crippen LogP contribution is -2.30. The van der Waals surface area contributed by atoms with E-state index in [1.165, 1.54) is 6.92 Å². The Morgan fingerprint density at radius 1 is 1.19 bits per heavy atom. The fourth-order valence-corrected chi connectivity index (χ4v) is 0.814. The molecule has 0 radical (unpaired) electrons. The van der Waals surface area contributed by atoms with Gasteiger partial charge in [-0.05, 0) is 13.8 Å². The highest BCUT2D eigenvalue weighted by molar-refractivity contribution is 5.82. The van der Waals surface area contributed by atoms with Crippen LogP contribution in [0.15, 0.2) is 12.2 Å². The van der Waals surface area contributed by atoms with Gasteiger partial charge in [-0.25, -0.2) is 9.59 Å². The minimum atomic E-state index is -3.61. The lowest BCUT2D eigenvalue weighted by Gasteiger charge is -2.11. The first-order valence-electron chi connectivity index (χ1n) is 4.82. The van der Waals surface area contributed by atoms with Crippen molar-refractivity contribution in [1.29, 1.82) is 0 Å². The molecule has 6 heteroatoms. The van der Waals surface area contributed by atoms with Gasteiger partial charge in [-0.1, -0.05) is 6.08 Å². The first kappa shape index (κ1) is 14.5. The third kappa shape index (κ3) is 5.43. The number of hydrogen-bond acceptors (Lipinski definition) is 4. The predicted molar refractivity (Wildman–Crippen MR) is 52.0 cm³/mol. The van der Waals surface area contributed by atoms with E-state index in [1.54, 1.807) is 6.92 Å². The molecule has 0 aliphatic rings. The number of hydrogen-bond donors (Lipinski definition) is 0. The van der Waals surface area contributed by atoms with Gasteiger partial charge in [0, 0.05) is 12.5 Å². The zero-order valence-electron chi connectivity index (χ0n) is 9.16. The second kappa shape index (κ2) is 6.92. The summed E-state index contributed by atoms with van der Waals surface area (Å²) >= 11 is 0. The van der Waals surface area contributed by atoms with Crippen LogP contribution < -0.4 is 0 Å². The summed E-state index contributed by atoms with van der Waals surface area (Å²) in [4.78, 5) is 21.5. The summed E-state index contributed by atoms with van der Waals surface area (Å²) in [6.45, 7) is 3.08. The van der Waals surface area contributed by atoms with Crippen LogP contribution in [-0.4, -0.2) is 31.1 Å². The molecule has 0 aromatic rings. The van der Waals surface area contributed by atoms with E-state index in [0.717, 1.165) is 12.2 Å². The van der Waals surface area contributed by atoms with Crippen molar-refractivity contribution < 1.29 is 27.8 Å². The van der Waals surface area contributed by atoms with Crippen LogP contribution in [0, 0.1) is 0 Å². The van der Waals surface area contributed by atoms with E-state index < -0.39 is 24.3 Å². The van der Waals surface area contributed by atoms with Crippen molar-refractivity contribution in [2.24, 2.45) is 0 Å². The number of rotatable bonds is 6. The van der Waals surface area contributed by atoms with Gasteiger partial charge in [0.2, 0.25) is 0 Å². The molecule has 0 heterocycles. The van der Waals surface area contributed by atoms with E-state index in [2.05, 4.69) is 9.47 Å². The van der Waals surface area contributed by atoms with Crippen LogP contribution in [0.2, 0.25) is 0 Å². The first-order valence-corrected chi connectivity index (χ1v) is 4.82. The number of ether oxygens (including phenoxy) is 2.